The van der Waals surface area contributed by atoms with Crippen molar-refractivity contribution in [3.8, 4) is 0 Å². The van der Waals surface area contributed by atoms with Gasteiger partial charge in [0.2, 0.25) is 0 Å². The molecule has 3 heteroatoms. The van der Waals surface area contributed by atoms with Crippen LogP contribution in [-0.2, 0) is 6.42 Å². The highest BCUT2D eigenvalue weighted by Crippen LogP contribution is 2.13. The highest BCUT2D eigenvalue weighted by atomic mass is 16.2. The molecular formula is C15H24N2O. The maximum Gasteiger partial charge on any atom is 0.0434 e. The zero-order valence-electron chi connectivity index (χ0n) is 11.0. The van der Waals surface area contributed by atoms with Gasteiger partial charge in [-0.1, -0.05) is 18.6 Å². The van der Waals surface area contributed by atoms with Crippen molar-refractivity contribution < 1.29 is 5.11 Å². The standard InChI is InChI=1S/C15H24N2O/c18-10-4-6-13-5-3-8-14(11-13)17-12-15-7-1-2-9-16-15/h3,5,8,11,15-18H,1-2,4,6-7,9-10,12H2. The van der Waals surface area contributed by atoms with Crippen molar-refractivity contribution in [3.63, 3.8) is 0 Å². The quantitative estimate of drug-likeness (QED) is 0.723. The van der Waals surface area contributed by atoms with Crippen LogP contribution in [0, 0.1) is 0 Å². The van der Waals surface area contributed by atoms with E-state index in [9.17, 15) is 0 Å². The molecule has 1 saturated heterocycles. The number of aliphatic hydroxyl groups is 1. The molecule has 3 N–H and O–H groups in total. The molecule has 100 valence electrons. The van der Waals surface area contributed by atoms with E-state index >= 15 is 0 Å². The second-order valence-corrected chi connectivity index (χ2v) is 5.06. The molecule has 1 fully saturated rings. The molecule has 0 radical (unpaired) electrons. The number of hydrogen-bond acceptors (Lipinski definition) is 3. The molecule has 0 saturated carbocycles. The molecule has 0 aliphatic carbocycles. The lowest BCUT2D eigenvalue weighted by atomic mass is 10.0. The molecule has 1 aliphatic rings. The molecule has 0 bridgehead atoms. The molecule has 2 rings (SSSR count). The third-order valence-electron chi connectivity index (χ3n) is 3.52. The molecule has 1 aromatic carbocycles. The summed E-state index contributed by atoms with van der Waals surface area (Å²) in [7, 11) is 0. The van der Waals surface area contributed by atoms with Crippen LogP contribution >= 0.6 is 0 Å². The number of anilines is 1. The van der Waals surface area contributed by atoms with Crippen LogP contribution in [0.3, 0.4) is 0 Å². The van der Waals surface area contributed by atoms with Gasteiger partial charge < -0.3 is 15.7 Å². The average molecular weight is 248 g/mol. The van der Waals surface area contributed by atoms with Gasteiger partial charge in [-0.15, -0.1) is 0 Å². The van der Waals surface area contributed by atoms with Crippen molar-refractivity contribution >= 4 is 5.69 Å². The summed E-state index contributed by atoms with van der Waals surface area (Å²) < 4.78 is 0. The molecule has 1 atom stereocenters. The minimum Gasteiger partial charge on any atom is -0.396 e. The van der Waals surface area contributed by atoms with Gasteiger partial charge in [-0.05, 0) is 49.9 Å². The Hall–Kier alpha value is -1.06. The van der Waals surface area contributed by atoms with Crippen LogP contribution in [0.1, 0.15) is 31.2 Å². The van der Waals surface area contributed by atoms with Gasteiger partial charge in [0.25, 0.3) is 0 Å². The highest BCUT2D eigenvalue weighted by molar-refractivity contribution is 5.45. The molecule has 0 aromatic heterocycles. The van der Waals surface area contributed by atoms with E-state index in [1.165, 1.54) is 30.5 Å². The molecule has 1 aliphatic heterocycles. The van der Waals surface area contributed by atoms with E-state index in [-0.39, 0.29) is 6.61 Å². The fraction of sp³-hybridized carbons (Fsp3) is 0.600. The first-order chi connectivity index (χ1) is 8.88. The van der Waals surface area contributed by atoms with Crippen molar-refractivity contribution in [2.75, 3.05) is 25.0 Å². The number of benzene rings is 1. The summed E-state index contributed by atoms with van der Waals surface area (Å²) in [4.78, 5) is 0. The van der Waals surface area contributed by atoms with E-state index in [1.807, 2.05) is 0 Å². The highest BCUT2D eigenvalue weighted by Gasteiger charge is 2.11. The predicted molar refractivity (Wildman–Crippen MR) is 76.0 cm³/mol. The number of piperidine rings is 1. The number of rotatable bonds is 6. The summed E-state index contributed by atoms with van der Waals surface area (Å²) in [6, 6.07) is 9.13. The van der Waals surface area contributed by atoms with Crippen LogP contribution in [0.2, 0.25) is 0 Å². The third kappa shape index (κ3) is 4.31. The van der Waals surface area contributed by atoms with Crippen molar-refractivity contribution in [1.29, 1.82) is 0 Å². The number of hydrogen-bond donors (Lipinski definition) is 3. The molecular weight excluding hydrogens is 224 g/mol. The van der Waals surface area contributed by atoms with E-state index < -0.39 is 0 Å². The van der Waals surface area contributed by atoms with Crippen LogP contribution in [0.5, 0.6) is 0 Å². The van der Waals surface area contributed by atoms with Crippen LogP contribution < -0.4 is 10.6 Å². The second-order valence-electron chi connectivity index (χ2n) is 5.06. The Morgan fingerprint density at radius 1 is 1.33 bits per heavy atom. The molecule has 0 amide bonds. The van der Waals surface area contributed by atoms with E-state index in [4.69, 9.17) is 5.11 Å². The Morgan fingerprint density at radius 3 is 3.06 bits per heavy atom. The van der Waals surface area contributed by atoms with Gasteiger partial charge in [0.05, 0.1) is 0 Å². The van der Waals surface area contributed by atoms with Gasteiger partial charge in [-0.3, -0.25) is 0 Å². The van der Waals surface area contributed by atoms with Crippen molar-refractivity contribution in [2.24, 2.45) is 0 Å². The van der Waals surface area contributed by atoms with Crippen molar-refractivity contribution in [1.82, 2.24) is 5.32 Å². The summed E-state index contributed by atoms with van der Waals surface area (Å²) >= 11 is 0. The maximum atomic E-state index is 8.85. The smallest absolute Gasteiger partial charge is 0.0434 e. The molecule has 3 nitrogen and oxygen atoms in total. The third-order valence-corrected chi connectivity index (χ3v) is 3.52. The number of aliphatic hydroxyl groups excluding tert-OH is 1. The van der Waals surface area contributed by atoms with Gasteiger partial charge in [0, 0.05) is 24.9 Å². The Morgan fingerprint density at radius 2 is 2.28 bits per heavy atom. The summed E-state index contributed by atoms with van der Waals surface area (Å²) in [6.07, 6.45) is 5.72. The Balaban J connectivity index is 1.80. The van der Waals surface area contributed by atoms with E-state index in [2.05, 4.69) is 34.9 Å². The zero-order valence-corrected chi connectivity index (χ0v) is 11.0. The van der Waals surface area contributed by atoms with Crippen LogP contribution in [0.15, 0.2) is 24.3 Å². The first-order valence-corrected chi connectivity index (χ1v) is 7.05. The average Bonchev–Trinajstić information content (AvgIpc) is 2.44. The minimum atomic E-state index is 0.268. The Kier molecular flexibility index (Phi) is 5.49. The van der Waals surface area contributed by atoms with Crippen LogP contribution in [0.25, 0.3) is 0 Å². The van der Waals surface area contributed by atoms with Gasteiger partial charge in [0.1, 0.15) is 0 Å². The van der Waals surface area contributed by atoms with Crippen molar-refractivity contribution in [2.45, 2.75) is 38.1 Å². The van der Waals surface area contributed by atoms with Crippen molar-refractivity contribution in [3.05, 3.63) is 29.8 Å². The predicted octanol–water partition coefficient (Wildman–Crippen LogP) is 2.17. The summed E-state index contributed by atoms with van der Waals surface area (Å²) in [5, 5.41) is 15.9. The number of aryl methyl sites for hydroxylation is 1. The lowest BCUT2D eigenvalue weighted by Gasteiger charge is -2.24. The molecule has 1 heterocycles. The van der Waals surface area contributed by atoms with Crippen LogP contribution in [-0.4, -0.2) is 30.8 Å². The summed E-state index contributed by atoms with van der Waals surface area (Å²) in [6.45, 7) is 2.43. The fourth-order valence-electron chi connectivity index (χ4n) is 2.46. The Labute approximate surface area is 110 Å². The van der Waals surface area contributed by atoms with Gasteiger partial charge >= 0.3 is 0 Å². The lowest BCUT2D eigenvalue weighted by molar-refractivity contribution is 0.288. The number of nitrogens with one attached hydrogen (secondary N) is 2. The maximum absolute atomic E-state index is 8.85. The molecule has 1 aromatic rings. The molecule has 1 unspecified atom stereocenters. The normalized spacial score (nSPS) is 19.7. The van der Waals surface area contributed by atoms with Crippen LogP contribution in [0.4, 0.5) is 5.69 Å². The first kappa shape index (κ1) is 13.4. The summed E-state index contributed by atoms with van der Waals surface area (Å²) in [5.41, 5.74) is 2.49. The Bertz CT molecular complexity index is 348. The van der Waals surface area contributed by atoms with E-state index in [0.29, 0.717) is 6.04 Å². The summed E-state index contributed by atoms with van der Waals surface area (Å²) in [5.74, 6) is 0. The molecule has 0 spiro atoms. The fourth-order valence-corrected chi connectivity index (χ4v) is 2.46. The SMILES string of the molecule is OCCCc1cccc(NCC2CCCCN2)c1. The minimum absolute atomic E-state index is 0.268. The second kappa shape index (κ2) is 7.39. The largest absolute Gasteiger partial charge is 0.396 e. The van der Waals surface area contributed by atoms with Gasteiger partial charge in [-0.2, -0.15) is 0 Å². The van der Waals surface area contributed by atoms with Gasteiger partial charge in [-0.25, -0.2) is 0 Å². The van der Waals surface area contributed by atoms with E-state index in [0.717, 1.165) is 25.9 Å². The topological polar surface area (TPSA) is 44.3 Å². The van der Waals surface area contributed by atoms with Gasteiger partial charge in [0.15, 0.2) is 0 Å². The van der Waals surface area contributed by atoms with E-state index in [1.54, 1.807) is 0 Å². The monoisotopic (exact) mass is 248 g/mol. The first-order valence-electron chi connectivity index (χ1n) is 7.05. The molecule has 18 heavy (non-hydrogen) atoms. The lowest BCUT2D eigenvalue weighted by Crippen LogP contribution is -2.39. The zero-order chi connectivity index (χ0) is 12.6.